The Hall–Kier alpha value is -3.75. The van der Waals surface area contributed by atoms with E-state index in [2.05, 4.69) is 34.4 Å². The Bertz CT molecular complexity index is 1700. The average molecular weight is 613 g/mol. The summed E-state index contributed by atoms with van der Waals surface area (Å²) in [6, 6.07) is 8.49. The smallest absolute Gasteiger partial charge is 0.219 e. The second kappa shape index (κ2) is 10.4. The minimum atomic E-state index is -0.855. The van der Waals surface area contributed by atoms with Crippen LogP contribution < -0.4 is 20.7 Å². The van der Waals surface area contributed by atoms with Gasteiger partial charge in [-0.3, -0.25) is 4.90 Å². The summed E-state index contributed by atoms with van der Waals surface area (Å²) in [7, 11) is 1.95. The average Bonchev–Trinajstić information content (AvgIpc) is 3.30. The highest BCUT2D eigenvalue weighted by molar-refractivity contribution is 5.68. The van der Waals surface area contributed by atoms with Crippen LogP contribution in [0.25, 0.3) is 11.5 Å². The fourth-order valence-corrected chi connectivity index (χ4v) is 8.79. The summed E-state index contributed by atoms with van der Waals surface area (Å²) < 4.78 is 27.0. The van der Waals surface area contributed by atoms with Gasteiger partial charge in [-0.25, -0.2) is 9.37 Å². The van der Waals surface area contributed by atoms with Crippen LogP contribution in [0, 0.1) is 11.3 Å². The number of nitrogens with zero attached hydrogens (tertiary/aromatic N) is 6. The van der Waals surface area contributed by atoms with Crippen LogP contribution in [0.2, 0.25) is 0 Å². The number of likely N-dealkylation sites (N-methyl/N-ethyl adjacent to an activating group) is 1. The minimum absolute atomic E-state index is 0.0420. The van der Waals surface area contributed by atoms with E-state index in [9.17, 15) is 9.65 Å². The molecule has 5 aliphatic rings. The van der Waals surface area contributed by atoms with Crippen LogP contribution in [-0.4, -0.2) is 76.6 Å². The van der Waals surface area contributed by atoms with Crippen molar-refractivity contribution in [3.63, 3.8) is 0 Å². The Morgan fingerprint density at radius 2 is 2.04 bits per heavy atom. The SMILES string of the molecule is C[C@@H]1CN(c2cc(O[C@@H](C)[C@@H]3C[C@@H](F)CN3C)nc(-c3noc4c3CCC[C@@]43CCc4ccc(N)c(C#N)c43)n2)CC2(CC2)N1. The molecule has 10 nitrogen and oxygen atoms in total. The van der Waals surface area contributed by atoms with Crippen molar-refractivity contribution in [2.75, 3.05) is 37.3 Å². The maximum absolute atomic E-state index is 14.3. The van der Waals surface area contributed by atoms with E-state index in [0.29, 0.717) is 47.7 Å². The number of nitrogens with two attached hydrogens (primary N) is 1. The number of alkyl halides is 1. The molecule has 3 aromatic rings. The number of aryl methyl sites for hydroxylation is 1. The molecule has 2 aliphatic heterocycles. The molecule has 11 heteroatoms. The van der Waals surface area contributed by atoms with E-state index < -0.39 is 11.6 Å². The summed E-state index contributed by atoms with van der Waals surface area (Å²) >= 11 is 0. The number of aromatic nitrogens is 3. The van der Waals surface area contributed by atoms with E-state index >= 15 is 0 Å². The molecule has 2 spiro atoms. The molecule has 8 rings (SSSR count). The van der Waals surface area contributed by atoms with Gasteiger partial charge in [0.15, 0.2) is 17.3 Å². The first-order valence-electron chi connectivity index (χ1n) is 16.4. The predicted molar refractivity (Wildman–Crippen MR) is 168 cm³/mol. The highest BCUT2D eigenvalue weighted by atomic mass is 19.1. The third-order valence-corrected chi connectivity index (χ3v) is 11.0. The molecule has 3 fully saturated rings. The first-order chi connectivity index (χ1) is 21.7. The summed E-state index contributed by atoms with van der Waals surface area (Å²) in [5.41, 5.74) is 10.8. The molecular weight excluding hydrogens is 571 g/mol. The molecule has 1 saturated carbocycles. The molecule has 0 unspecified atom stereocenters. The zero-order valence-corrected chi connectivity index (χ0v) is 26.3. The van der Waals surface area contributed by atoms with Gasteiger partial charge in [-0.1, -0.05) is 11.2 Å². The summed E-state index contributed by atoms with van der Waals surface area (Å²) in [6.45, 7) is 6.30. The lowest BCUT2D eigenvalue weighted by molar-refractivity contribution is 0.117. The van der Waals surface area contributed by atoms with Crippen molar-refractivity contribution >= 4 is 11.5 Å². The lowest BCUT2D eigenvalue weighted by atomic mass is 9.68. The van der Waals surface area contributed by atoms with Gasteiger partial charge in [0.25, 0.3) is 0 Å². The number of benzene rings is 1. The fourth-order valence-electron chi connectivity index (χ4n) is 8.79. The number of nitriles is 1. The van der Waals surface area contributed by atoms with Crippen molar-refractivity contribution in [2.24, 2.45) is 0 Å². The van der Waals surface area contributed by atoms with E-state index in [4.69, 9.17) is 25.0 Å². The van der Waals surface area contributed by atoms with Crippen molar-refractivity contribution in [1.29, 1.82) is 5.26 Å². The molecule has 0 bridgehead atoms. The highest BCUT2D eigenvalue weighted by Gasteiger charge is 2.50. The van der Waals surface area contributed by atoms with Gasteiger partial charge in [-0.2, -0.15) is 10.2 Å². The number of rotatable bonds is 5. The van der Waals surface area contributed by atoms with Crippen molar-refractivity contribution in [3.8, 4) is 23.5 Å². The van der Waals surface area contributed by atoms with Gasteiger partial charge in [0.2, 0.25) is 5.88 Å². The summed E-state index contributed by atoms with van der Waals surface area (Å²) in [4.78, 5) is 14.4. The molecule has 0 amide bonds. The van der Waals surface area contributed by atoms with Crippen LogP contribution in [0.5, 0.6) is 5.88 Å². The second-order valence-corrected chi connectivity index (χ2v) is 14.2. The molecular formula is C34H41FN8O2. The Kier molecular flexibility index (Phi) is 6.63. The van der Waals surface area contributed by atoms with E-state index in [1.165, 1.54) is 0 Å². The molecule has 5 atom stereocenters. The van der Waals surface area contributed by atoms with Gasteiger partial charge >= 0.3 is 0 Å². The number of halogens is 1. The van der Waals surface area contributed by atoms with Gasteiger partial charge in [0.05, 0.1) is 11.0 Å². The van der Waals surface area contributed by atoms with Crippen LogP contribution in [0.15, 0.2) is 22.7 Å². The molecule has 2 saturated heterocycles. The van der Waals surface area contributed by atoms with Gasteiger partial charge < -0.3 is 25.2 Å². The number of likely N-dealkylation sites (tertiary alicyclic amines) is 1. The summed E-state index contributed by atoms with van der Waals surface area (Å²) in [6.07, 6.45) is 5.92. The van der Waals surface area contributed by atoms with Crippen molar-refractivity contribution < 1.29 is 13.7 Å². The third-order valence-electron chi connectivity index (χ3n) is 11.0. The van der Waals surface area contributed by atoms with Gasteiger partial charge in [0.1, 0.15) is 24.2 Å². The Labute approximate surface area is 263 Å². The van der Waals surface area contributed by atoms with Crippen LogP contribution in [0.4, 0.5) is 15.9 Å². The van der Waals surface area contributed by atoms with E-state index in [1.807, 2.05) is 31.0 Å². The van der Waals surface area contributed by atoms with Crippen LogP contribution in [-0.2, 0) is 18.3 Å². The van der Waals surface area contributed by atoms with Gasteiger partial charge in [-0.15, -0.1) is 0 Å². The number of fused-ring (bicyclic) bond motifs is 4. The number of ether oxygens (including phenoxy) is 1. The lowest BCUT2D eigenvalue weighted by Crippen LogP contribution is -2.57. The Morgan fingerprint density at radius 3 is 2.80 bits per heavy atom. The number of piperazine rings is 1. The molecule has 45 heavy (non-hydrogen) atoms. The normalized spacial score (nSPS) is 29.0. The first-order valence-corrected chi connectivity index (χ1v) is 16.4. The van der Waals surface area contributed by atoms with Crippen LogP contribution >= 0.6 is 0 Å². The van der Waals surface area contributed by atoms with E-state index in [1.54, 1.807) is 0 Å². The largest absolute Gasteiger partial charge is 0.473 e. The predicted octanol–water partition coefficient (Wildman–Crippen LogP) is 4.29. The minimum Gasteiger partial charge on any atom is -0.473 e. The maximum Gasteiger partial charge on any atom is 0.219 e. The number of hydrogen-bond donors (Lipinski definition) is 2. The van der Waals surface area contributed by atoms with Gasteiger partial charge in [0, 0.05) is 54.6 Å². The summed E-state index contributed by atoms with van der Waals surface area (Å²) in [5, 5.41) is 18.5. The Balaban J connectivity index is 1.21. The highest BCUT2D eigenvalue weighted by Crippen LogP contribution is 2.54. The zero-order valence-electron chi connectivity index (χ0n) is 26.3. The molecule has 1 aromatic carbocycles. The van der Waals surface area contributed by atoms with Crippen LogP contribution in [0.1, 0.15) is 80.4 Å². The number of nitrogen functional groups attached to an aromatic ring is 1. The fraction of sp³-hybridized carbons (Fsp3) is 0.588. The van der Waals surface area contributed by atoms with Crippen molar-refractivity contribution in [3.05, 3.63) is 46.2 Å². The second-order valence-electron chi connectivity index (χ2n) is 14.2. The number of anilines is 2. The van der Waals surface area contributed by atoms with E-state index in [-0.39, 0.29) is 17.7 Å². The first kappa shape index (κ1) is 28.7. The monoisotopic (exact) mass is 612 g/mol. The molecule has 4 heterocycles. The quantitative estimate of drug-likeness (QED) is 0.403. The zero-order chi connectivity index (χ0) is 31.1. The maximum atomic E-state index is 14.3. The number of hydrogen-bond acceptors (Lipinski definition) is 10. The van der Waals surface area contributed by atoms with E-state index in [0.717, 1.165) is 86.3 Å². The topological polar surface area (TPSA) is 129 Å². The van der Waals surface area contributed by atoms with Gasteiger partial charge in [-0.05, 0) is 89.5 Å². The Morgan fingerprint density at radius 1 is 1.20 bits per heavy atom. The molecule has 3 N–H and O–H groups in total. The standard InChI is InChI=1S/C34H41FN8O2/c1-19-16-43(18-33(40-19)11-12-33)27-14-28(44-20(2)26-13-22(35)17-42(26)3)39-32(38-27)30-23-5-4-9-34(31(23)45-41-30)10-8-21-6-7-25(37)24(15-36)29(21)34/h6-7,14,19-20,22,26,40H,4-5,8-13,16-18,37H2,1-3H3/t19-,20+,22-,26+,34+/m1/s1. The molecule has 236 valence electrons. The summed E-state index contributed by atoms with van der Waals surface area (Å²) in [5.74, 6) is 2.55. The van der Waals surface area contributed by atoms with Crippen LogP contribution in [0.3, 0.4) is 0 Å². The third kappa shape index (κ3) is 4.67. The molecule has 2 aromatic heterocycles. The molecule has 0 radical (unpaired) electrons. The lowest BCUT2D eigenvalue weighted by Gasteiger charge is -2.39. The molecule has 3 aliphatic carbocycles. The number of nitrogens with one attached hydrogen (secondary N) is 1. The van der Waals surface area contributed by atoms with Crippen molar-refractivity contribution in [2.45, 2.75) is 101 Å². The van der Waals surface area contributed by atoms with Crippen molar-refractivity contribution in [1.82, 2.24) is 25.3 Å².